The standard InChI is InChI=1S/C16H15NO2/c1-16(2)11-7-3-5-9-13(11)17(15(18)19)14-10-6-4-8-12(14)16/h3-10H,1-2H3,(H,18,19). The summed E-state index contributed by atoms with van der Waals surface area (Å²) in [6.45, 7) is 4.26. The Balaban J connectivity index is 2.37. The van der Waals surface area contributed by atoms with Crippen molar-refractivity contribution in [3.8, 4) is 0 Å². The summed E-state index contributed by atoms with van der Waals surface area (Å²) in [7, 11) is 0. The molecule has 0 fully saturated rings. The summed E-state index contributed by atoms with van der Waals surface area (Å²) in [6.07, 6.45) is -0.949. The van der Waals surface area contributed by atoms with Crippen LogP contribution in [0.1, 0.15) is 25.0 Å². The Morgan fingerprint density at radius 3 is 1.79 bits per heavy atom. The first-order valence-electron chi connectivity index (χ1n) is 6.25. The summed E-state index contributed by atoms with van der Waals surface area (Å²) in [5, 5.41) is 9.53. The summed E-state index contributed by atoms with van der Waals surface area (Å²) >= 11 is 0. The van der Waals surface area contributed by atoms with E-state index in [1.165, 1.54) is 4.90 Å². The van der Waals surface area contributed by atoms with Crippen LogP contribution in [0.4, 0.5) is 16.2 Å². The van der Waals surface area contributed by atoms with Crippen LogP contribution in [0.2, 0.25) is 0 Å². The van der Waals surface area contributed by atoms with E-state index < -0.39 is 6.09 Å². The lowest BCUT2D eigenvalue weighted by Gasteiger charge is -2.39. The maximum atomic E-state index is 11.6. The second kappa shape index (κ2) is 3.85. The molecule has 0 atom stereocenters. The molecule has 3 heteroatoms. The molecule has 0 saturated carbocycles. The number of benzene rings is 2. The topological polar surface area (TPSA) is 40.5 Å². The van der Waals surface area contributed by atoms with E-state index in [-0.39, 0.29) is 5.41 Å². The third-order valence-electron chi connectivity index (χ3n) is 3.83. The molecule has 0 aliphatic carbocycles. The highest BCUT2D eigenvalue weighted by molar-refractivity contribution is 5.99. The van der Waals surface area contributed by atoms with Gasteiger partial charge in [0.2, 0.25) is 0 Å². The molecule has 3 rings (SSSR count). The van der Waals surface area contributed by atoms with Crippen molar-refractivity contribution in [2.45, 2.75) is 19.3 Å². The van der Waals surface area contributed by atoms with Gasteiger partial charge in [0.25, 0.3) is 0 Å². The second-order valence-corrected chi connectivity index (χ2v) is 5.28. The minimum Gasteiger partial charge on any atom is -0.464 e. The van der Waals surface area contributed by atoms with E-state index in [1.54, 1.807) is 0 Å². The minimum absolute atomic E-state index is 0.195. The van der Waals surface area contributed by atoms with Gasteiger partial charge in [-0.2, -0.15) is 0 Å². The number of carbonyl (C=O) groups is 1. The van der Waals surface area contributed by atoms with Gasteiger partial charge in [0.1, 0.15) is 0 Å². The summed E-state index contributed by atoms with van der Waals surface area (Å²) in [6, 6.07) is 15.4. The number of nitrogens with zero attached hydrogens (tertiary/aromatic N) is 1. The fourth-order valence-electron chi connectivity index (χ4n) is 2.88. The molecule has 0 aromatic heterocycles. The van der Waals surface area contributed by atoms with Crippen LogP contribution in [-0.2, 0) is 5.41 Å². The number of hydrogen-bond acceptors (Lipinski definition) is 1. The molecule has 2 aromatic rings. The molecule has 0 unspecified atom stereocenters. The van der Waals surface area contributed by atoms with Gasteiger partial charge in [-0.3, -0.25) is 0 Å². The molecule has 1 heterocycles. The van der Waals surface area contributed by atoms with Gasteiger partial charge in [-0.15, -0.1) is 0 Å². The van der Waals surface area contributed by atoms with Crippen molar-refractivity contribution >= 4 is 17.5 Å². The van der Waals surface area contributed by atoms with Crippen molar-refractivity contribution in [3.63, 3.8) is 0 Å². The van der Waals surface area contributed by atoms with E-state index in [9.17, 15) is 9.90 Å². The van der Waals surface area contributed by atoms with Crippen LogP contribution in [0.25, 0.3) is 0 Å². The van der Waals surface area contributed by atoms with Gasteiger partial charge < -0.3 is 5.11 Å². The zero-order chi connectivity index (χ0) is 13.6. The minimum atomic E-state index is -0.949. The number of para-hydroxylation sites is 2. The monoisotopic (exact) mass is 253 g/mol. The van der Waals surface area contributed by atoms with Gasteiger partial charge in [0.15, 0.2) is 0 Å². The molecule has 0 saturated heterocycles. The summed E-state index contributed by atoms with van der Waals surface area (Å²) in [5.74, 6) is 0. The average molecular weight is 253 g/mol. The van der Waals surface area contributed by atoms with Gasteiger partial charge >= 0.3 is 6.09 Å². The van der Waals surface area contributed by atoms with Gasteiger partial charge in [-0.05, 0) is 23.3 Å². The summed E-state index contributed by atoms with van der Waals surface area (Å²) in [5.41, 5.74) is 3.38. The maximum absolute atomic E-state index is 11.6. The third-order valence-corrected chi connectivity index (χ3v) is 3.83. The Hall–Kier alpha value is -2.29. The Labute approximate surface area is 112 Å². The fraction of sp³-hybridized carbons (Fsp3) is 0.188. The van der Waals surface area contributed by atoms with Crippen molar-refractivity contribution < 1.29 is 9.90 Å². The molecule has 0 radical (unpaired) electrons. The lowest BCUT2D eigenvalue weighted by atomic mass is 9.74. The number of fused-ring (bicyclic) bond motifs is 2. The maximum Gasteiger partial charge on any atom is 0.416 e. The van der Waals surface area contributed by atoms with Gasteiger partial charge in [-0.1, -0.05) is 50.2 Å². The third kappa shape index (κ3) is 1.55. The van der Waals surface area contributed by atoms with Crippen LogP contribution in [0.3, 0.4) is 0 Å². The predicted molar refractivity (Wildman–Crippen MR) is 75.2 cm³/mol. The number of rotatable bonds is 0. The van der Waals surface area contributed by atoms with E-state index in [4.69, 9.17) is 0 Å². The van der Waals surface area contributed by atoms with Crippen LogP contribution in [0.5, 0.6) is 0 Å². The molecular formula is C16H15NO2. The van der Waals surface area contributed by atoms with Crippen LogP contribution < -0.4 is 4.90 Å². The van der Waals surface area contributed by atoms with Crippen molar-refractivity contribution in [2.75, 3.05) is 4.90 Å². The predicted octanol–water partition coefficient (Wildman–Crippen LogP) is 4.14. The van der Waals surface area contributed by atoms with E-state index in [1.807, 2.05) is 48.5 Å². The Kier molecular flexibility index (Phi) is 2.39. The molecule has 96 valence electrons. The van der Waals surface area contributed by atoms with Crippen LogP contribution in [-0.4, -0.2) is 11.2 Å². The lowest BCUT2D eigenvalue weighted by Crippen LogP contribution is -2.35. The zero-order valence-electron chi connectivity index (χ0n) is 10.9. The van der Waals surface area contributed by atoms with E-state index >= 15 is 0 Å². The molecular weight excluding hydrogens is 238 g/mol. The van der Waals surface area contributed by atoms with Crippen LogP contribution in [0, 0.1) is 0 Å². The molecule has 19 heavy (non-hydrogen) atoms. The quantitative estimate of drug-likeness (QED) is 0.766. The summed E-state index contributed by atoms with van der Waals surface area (Å²) in [4.78, 5) is 13.0. The normalized spacial score (nSPS) is 15.6. The molecule has 2 aromatic carbocycles. The number of amides is 1. The van der Waals surface area contributed by atoms with Crippen molar-refractivity contribution in [1.82, 2.24) is 0 Å². The highest BCUT2D eigenvalue weighted by Crippen LogP contribution is 2.48. The molecule has 1 aliphatic heterocycles. The number of carboxylic acid groups (broad SMARTS) is 1. The lowest BCUT2D eigenvalue weighted by molar-refractivity contribution is 0.204. The Bertz CT molecular complexity index is 612. The number of hydrogen-bond donors (Lipinski definition) is 1. The SMILES string of the molecule is CC1(C)c2ccccc2N(C(=O)O)c2ccccc21. The van der Waals surface area contributed by atoms with Gasteiger partial charge in [-0.25, -0.2) is 9.69 Å². The average Bonchev–Trinajstić information content (AvgIpc) is 2.39. The van der Waals surface area contributed by atoms with Crippen molar-refractivity contribution in [2.24, 2.45) is 0 Å². The largest absolute Gasteiger partial charge is 0.464 e. The summed E-state index contributed by atoms with van der Waals surface area (Å²) < 4.78 is 0. The van der Waals surface area contributed by atoms with Crippen LogP contribution in [0.15, 0.2) is 48.5 Å². The van der Waals surface area contributed by atoms with Gasteiger partial charge in [0, 0.05) is 5.41 Å². The first-order chi connectivity index (χ1) is 9.03. The van der Waals surface area contributed by atoms with Crippen molar-refractivity contribution in [1.29, 1.82) is 0 Å². The highest BCUT2D eigenvalue weighted by atomic mass is 16.4. The fourth-order valence-corrected chi connectivity index (χ4v) is 2.88. The van der Waals surface area contributed by atoms with Crippen molar-refractivity contribution in [3.05, 3.63) is 59.7 Å². The molecule has 0 spiro atoms. The van der Waals surface area contributed by atoms with E-state index in [0.717, 1.165) is 22.5 Å². The van der Waals surface area contributed by atoms with Gasteiger partial charge in [0.05, 0.1) is 11.4 Å². The molecule has 3 nitrogen and oxygen atoms in total. The zero-order valence-corrected chi connectivity index (χ0v) is 10.9. The Morgan fingerprint density at radius 2 is 1.37 bits per heavy atom. The Morgan fingerprint density at radius 1 is 0.947 bits per heavy atom. The van der Waals surface area contributed by atoms with E-state index in [2.05, 4.69) is 13.8 Å². The highest BCUT2D eigenvalue weighted by Gasteiger charge is 2.37. The van der Waals surface area contributed by atoms with E-state index in [0.29, 0.717) is 0 Å². The number of anilines is 2. The van der Waals surface area contributed by atoms with Crippen LogP contribution >= 0.6 is 0 Å². The smallest absolute Gasteiger partial charge is 0.416 e. The first-order valence-corrected chi connectivity index (χ1v) is 6.25. The second-order valence-electron chi connectivity index (χ2n) is 5.28. The molecule has 1 aliphatic rings. The first kappa shape index (κ1) is 11.8. The molecule has 1 amide bonds. The molecule has 1 N–H and O–H groups in total. The molecule has 0 bridgehead atoms.